The summed E-state index contributed by atoms with van der Waals surface area (Å²) in [4.78, 5) is -0.609. The van der Waals surface area contributed by atoms with Crippen LogP contribution in [0.4, 0.5) is 13.2 Å². The molecule has 80 valence electrons. The van der Waals surface area contributed by atoms with Gasteiger partial charge in [0.05, 0.1) is 4.90 Å². The van der Waals surface area contributed by atoms with Crippen LogP contribution >= 0.6 is 12.0 Å². The zero-order valence-corrected chi connectivity index (χ0v) is 8.33. The summed E-state index contributed by atoms with van der Waals surface area (Å²) in [5.74, 6) is -5.87. The summed E-state index contributed by atoms with van der Waals surface area (Å²) in [5.41, 5.74) is 0. The summed E-state index contributed by atoms with van der Waals surface area (Å²) in [7, 11) is 0. The highest BCUT2D eigenvalue weighted by Gasteiger charge is 2.17. The molecule has 0 spiro atoms. The lowest BCUT2D eigenvalue weighted by Gasteiger charge is -2.01. The van der Waals surface area contributed by atoms with Gasteiger partial charge in [-0.25, -0.2) is 8.78 Å². The predicted octanol–water partition coefficient (Wildman–Crippen LogP) is 3.40. The van der Waals surface area contributed by atoms with Crippen molar-refractivity contribution in [2.45, 2.75) is 18.7 Å². The average molecular weight is 226 g/mol. The van der Waals surface area contributed by atoms with E-state index in [2.05, 4.69) is 0 Å². The normalized spacial score (nSPS) is 9.29. The molecule has 0 bridgehead atoms. The summed E-state index contributed by atoms with van der Waals surface area (Å²) in [5, 5.41) is 8.53. The zero-order valence-electron chi connectivity index (χ0n) is 7.51. The van der Waals surface area contributed by atoms with Gasteiger partial charge in [-0.2, -0.15) is 4.39 Å². The van der Waals surface area contributed by atoms with E-state index in [1.807, 2.05) is 13.8 Å². The van der Waals surface area contributed by atoms with Crippen molar-refractivity contribution >= 4 is 12.0 Å². The first-order valence-electron chi connectivity index (χ1n) is 3.75. The van der Waals surface area contributed by atoms with Gasteiger partial charge in [0.1, 0.15) is 0 Å². The molecule has 6 heteroatoms. The maximum Gasteiger partial charge on any atom is 0.204 e. The van der Waals surface area contributed by atoms with Crippen molar-refractivity contribution in [1.82, 2.24) is 0 Å². The monoisotopic (exact) mass is 226 g/mol. The van der Waals surface area contributed by atoms with Crippen LogP contribution in [-0.4, -0.2) is 9.66 Å². The van der Waals surface area contributed by atoms with Gasteiger partial charge >= 0.3 is 0 Å². The Bertz CT molecular complexity index is 318. The topological polar surface area (TPSA) is 40.5 Å². The molecule has 2 N–H and O–H groups in total. The lowest BCUT2D eigenvalue weighted by Crippen LogP contribution is -1.91. The van der Waals surface area contributed by atoms with Gasteiger partial charge in [0, 0.05) is 12.0 Å². The molecule has 0 fully saturated rings. The van der Waals surface area contributed by atoms with Gasteiger partial charge in [-0.15, -0.1) is 0 Å². The molecule has 1 rings (SSSR count). The van der Waals surface area contributed by atoms with Crippen LogP contribution < -0.4 is 0 Å². The van der Waals surface area contributed by atoms with Gasteiger partial charge in [0.15, 0.2) is 17.4 Å². The summed E-state index contributed by atoms with van der Waals surface area (Å²) in [6.45, 7) is 4.00. The second-order valence-electron chi connectivity index (χ2n) is 1.92. The van der Waals surface area contributed by atoms with E-state index < -0.39 is 28.1 Å². The largest absolute Gasteiger partial charge is 0.503 e. The van der Waals surface area contributed by atoms with Crippen molar-refractivity contribution < 1.29 is 22.8 Å². The zero-order chi connectivity index (χ0) is 11.3. The highest BCUT2D eigenvalue weighted by molar-refractivity contribution is 7.93. The molecule has 0 unspecified atom stereocenters. The lowest BCUT2D eigenvalue weighted by molar-refractivity contribution is 0.369. The molecule has 0 radical (unpaired) electrons. The maximum absolute atomic E-state index is 12.6. The smallest absolute Gasteiger partial charge is 0.204 e. The van der Waals surface area contributed by atoms with E-state index in [9.17, 15) is 13.2 Å². The SMILES string of the molecule is CC.OSc1cc(F)c(O)c(F)c1F. The van der Waals surface area contributed by atoms with E-state index >= 15 is 0 Å². The molecule has 0 atom stereocenters. The molecule has 2 nitrogen and oxygen atoms in total. The van der Waals surface area contributed by atoms with E-state index in [0.717, 1.165) is 0 Å². The van der Waals surface area contributed by atoms with Crippen LogP contribution in [0.15, 0.2) is 11.0 Å². The molecule has 0 aromatic heterocycles. The Morgan fingerprint density at radius 2 is 1.64 bits per heavy atom. The Morgan fingerprint density at radius 1 is 1.14 bits per heavy atom. The Hall–Kier alpha value is -0.880. The second kappa shape index (κ2) is 5.77. The fourth-order valence-corrected chi connectivity index (χ4v) is 0.956. The number of aromatic hydroxyl groups is 1. The number of phenolic OH excluding ortho intramolecular Hbond substituents is 1. The first kappa shape index (κ1) is 13.1. The predicted molar refractivity (Wildman–Crippen MR) is 47.8 cm³/mol. The van der Waals surface area contributed by atoms with Crippen LogP contribution in [0, 0.1) is 17.5 Å². The van der Waals surface area contributed by atoms with Crippen molar-refractivity contribution in [2.75, 3.05) is 0 Å². The van der Waals surface area contributed by atoms with Gasteiger partial charge in [0.25, 0.3) is 0 Å². The van der Waals surface area contributed by atoms with Gasteiger partial charge in [-0.3, -0.25) is 0 Å². The number of halogens is 3. The summed E-state index contributed by atoms with van der Waals surface area (Å²) >= 11 is -0.134. The molecule has 1 aromatic carbocycles. The third kappa shape index (κ3) is 2.55. The Kier molecular flexibility index (Phi) is 5.40. The highest BCUT2D eigenvalue weighted by atomic mass is 32.2. The number of phenols is 1. The number of rotatable bonds is 1. The van der Waals surface area contributed by atoms with E-state index in [0.29, 0.717) is 6.07 Å². The maximum atomic E-state index is 12.6. The number of hydrogen-bond acceptors (Lipinski definition) is 3. The van der Waals surface area contributed by atoms with E-state index in [4.69, 9.17) is 9.66 Å². The molecule has 0 aliphatic rings. The molecule has 0 saturated carbocycles. The van der Waals surface area contributed by atoms with Gasteiger partial charge in [-0.1, -0.05) is 13.8 Å². The highest BCUT2D eigenvalue weighted by Crippen LogP contribution is 2.29. The Labute approximate surface area is 83.6 Å². The molecule has 0 amide bonds. The molecular formula is C8H9F3O2S. The van der Waals surface area contributed by atoms with E-state index in [1.54, 1.807) is 0 Å². The van der Waals surface area contributed by atoms with E-state index in [1.165, 1.54) is 0 Å². The van der Waals surface area contributed by atoms with Gasteiger partial charge in [0.2, 0.25) is 5.82 Å². The van der Waals surface area contributed by atoms with Crippen molar-refractivity contribution in [1.29, 1.82) is 0 Å². The summed E-state index contributed by atoms with van der Waals surface area (Å²) in [6, 6.07) is 0.498. The third-order valence-corrected chi connectivity index (χ3v) is 1.69. The standard InChI is InChI=1S/C6H3F3O2S.C2H6/c7-2-1-3(12-11)4(8)5(9)6(2)10;1-2/h1,10-11H;1-2H3. The molecule has 1 aromatic rings. The quantitative estimate of drug-likeness (QED) is 0.569. The van der Waals surface area contributed by atoms with Crippen LogP contribution in [0.5, 0.6) is 5.75 Å². The summed E-state index contributed by atoms with van der Waals surface area (Å²) in [6.07, 6.45) is 0. The van der Waals surface area contributed by atoms with Crippen molar-refractivity contribution in [2.24, 2.45) is 0 Å². The van der Waals surface area contributed by atoms with Gasteiger partial charge in [-0.05, 0) is 6.07 Å². The molecule has 0 aliphatic heterocycles. The minimum atomic E-state index is -1.70. The van der Waals surface area contributed by atoms with Gasteiger partial charge < -0.3 is 9.66 Å². The van der Waals surface area contributed by atoms with Crippen LogP contribution in [-0.2, 0) is 0 Å². The Morgan fingerprint density at radius 3 is 2.07 bits per heavy atom. The van der Waals surface area contributed by atoms with Crippen molar-refractivity contribution in [3.05, 3.63) is 23.5 Å². The number of benzene rings is 1. The molecule has 0 aliphatic carbocycles. The number of hydrogen-bond donors (Lipinski definition) is 2. The lowest BCUT2D eigenvalue weighted by atomic mass is 10.3. The van der Waals surface area contributed by atoms with Crippen molar-refractivity contribution in [3.8, 4) is 5.75 Å². The van der Waals surface area contributed by atoms with Crippen LogP contribution in [0.3, 0.4) is 0 Å². The molecular weight excluding hydrogens is 217 g/mol. The van der Waals surface area contributed by atoms with Crippen LogP contribution in [0.2, 0.25) is 0 Å². The third-order valence-electron chi connectivity index (χ3n) is 1.20. The fraction of sp³-hybridized carbons (Fsp3) is 0.250. The van der Waals surface area contributed by atoms with Crippen molar-refractivity contribution in [3.63, 3.8) is 0 Å². The molecule has 0 heterocycles. The minimum Gasteiger partial charge on any atom is -0.503 e. The Balaban J connectivity index is 0.000000791. The van der Waals surface area contributed by atoms with Crippen LogP contribution in [0.25, 0.3) is 0 Å². The fourth-order valence-electron chi connectivity index (χ4n) is 0.630. The first-order valence-corrected chi connectivity index (χ1v) is 4.53. The average Bonchev–Trinajstić information content (AvgIpc) is 2.23. The minimum absolute atomic E-state index is 0.134. The second-order valence-corrected chi connectivity index (χ2v) is 2.55. The molecule has 0 saturated heterocycles. The molecule has 14 heavy (non-hydrogen) atoms. The summed E-state index contributed by atoms with van der Waals surface area (Å²) < 4.78 is 45.8. The first-order chi connectivity index (χ1) is 6.57. The van der Waals surface area contributed by atoms with Crippen LogP contribution in [0.1, 0.15) is 13.8 Å². The van der Waals surface area contributed by atoms with E-state index in [-0.39, 0.29) is 12.0 Å².